The second kappa shape index (κ2) is 5.24. The predicted molar refractivity (Wildman–Crippen MR) is 68.1 cm³/mol. The van der Waals surface area contributed by atoms with E-state index in [0.29, 0.717) is 0 Å². The number of methoxy groups -OCH3 is 1. The van der Waals surface area contributed by atoms with E-state index >= 15 is 0 Å². The van der Waals surface area contributed by atoms with Crippen molar-refractivity contribution in [2.75, 3.05) is 20.3 Å². The van der Waals surface area contributed by atoms with E-state index in [-0.39, 0.29) is 29.6 Å². The minimum atomic E-state index is -0.341. The molecule has 18 heavy (non-hydrogen) atoms. The van der Waals surface area contributed by atoms with E-state index in [9.17, 15) is 9.50 Å². The molecule has 0 spiro atoms. The van der Waals surface area contributed by atoms with Crippen LogP contribution in [0.5, 0.6) is 5.75 Å². The van der Waals surface area contributed by atoms with Crippen LogP contribution in [0.1, 0.15) is 31.4 Å². The largest absolute Gasteiger partial charge is 0.494 e. The molecule has 1 aromatic carbocycles. The van der Waals surface area contributed by atoms with Crippen LogP contribution in [0.25, 0.3) is 0 Å². The third-order valence-electron chi connectivity index (χ3n) is 3.75. The Bertz CT molecular complexity index is 418. The highest BCUT2D eigenvalue weighted by molar-refractivity contribution is 5.30. The van der Waals surface area contributed by atoms with Crippen molar-refractivity contribution < 1.29 is 14.2 Å². The molecule has 1 unspecified atom stereocenters. The molecule has 1 saturated carbocycles. The third-order valence-corrected chi connectivity index (χ3v) is 3.75. The zero-order valence-electron chi connectivity index (χ0n) is 10.9. The molecule has 1 fully saturated rings. The second-order valence-electron chi connectivity index (χ2n) is 5.15. The summed E-state index contributed by atoms with van der Waals surface area (Å²) < 4.78 is 18.5. The van der Waals surface area contributed by atoms with E-state index in [1.165, 1.54) is 13.2 Å². The Morgan fingerprint density at radius 1 is 1.50 bits per heavy atom. The smallest absolute Gasteiger partial charge is 0.165 e. The molecule has 1 aliphatic rings. The van der Waals surface area contributed by atoms with Crippen molar-refractivity contribution in [3.63, 3.8) is 0 Å². The Kier molecular flexibility index (Phi) is 3.88. The Balaban J connectivity index is 1.96. The Morgan fingerprint density at radius 3 is 2.72 bits per heavy atom. The van der Waals surface area contributed by atoms with Gasteiger partial charge >= 0.3 is 0 Å². The number of nitrogens with one attached hydrogen (secondary N) is 1. The summed E-state index contributed by atoms with van der Waals surface area (Å²) in [6.45, 7) is 3.00. The molecule has 4 heteroatoms. The molecule has 1 aliphatic carbocycles. The summed E-state index contributed by atoms with van der Waals surface area (Å²) in [7, 11) is 1.46. The van der Waals surface area contributed by atoms with E-state index in [0.717, 1.165) is 24.9 Å². The summed E-state index contributed by atoms with van der Waals surface area (Å²) in [4.78, 5) is 0. The molecule has 0 radical (unpaired) electrons. The first-order valence-electron chi connectivity index (χ1n) is 6.28. The van der Waals surface area contributed by atoms with Crippen molar-refractivity contribution in [2.45, 2.75) is 25.8 Å². The summed E-state index contributed by atoms with van der Waals surface area (Å²) >= 11 is 0. The van der Waals surface area contributed by atoms with Gasteiger partial charge in [0.15, 0.2) is 11.6 Å². The van der Waals surface area contributed by atoms with Gasteiger partial charge in [-0.1, -0.05) is 6.07 Å². The first-order chi connectivity index (χ1) is 8.60. The Hall–Kier alpha value is -1.13. The van der Waals surface area contributed by atoms with Gasteiger partial charge in [0.25, 0.3) is 0 Å². The number of rotatable bonds is 6. The van der Waals surface area contributed by atoms with E-state index < -0.39 is 0 Å². The third kappa shape index (κ3) is 2.82. The maximum absolute atomic E-state index is 13.6. The lowest BCUT2D eigenvalue weighted by Crippen LogP contribution is -2.28. The number of benzene rings is 1. The topological polar surface area (TPSA) is 41.5 Å². The maximum atomic E-state index is 13.6. The van der Waals surface area contributed by atoms with Crippen LogP contribution in [0, 0.1) is 11.2 Å². The summed E-state index contributed by atoms with van der Waals surface area (Å²) in [5, 5.41) is 12.6. The lowest BCUT2D eigenvalue weighted by Gasteiger charge is -2.19. The van der Waals surface area contributed by atoms with E-state index in [4.69, 9.17) is 4.74 Å². The molecule has 1 aromatic rings. The standard InChI is InChI=1S/C14H20FNO2/c1-10(16-8-14(9-17)5-6-14)11-3-4-13(18-2)12(15)7-11/h3-4,7,10,16-17H,5-6,8-9H2,1-2H3. The minimum absolute atomic E-state index is 0.0643. The summed E-state index contributed by atoms with van der Waals surface area (Å²) in [5.41, 5.74) is 0.960. The van der Waals surface area contributed by atoms with Gasteiger partial charge in [0.2, 0.25) is 0 Å². The molecular formula is C14H20FNO2. The van der Waals surface area contributed by atoms with Gasteiger partial charge in [-0.05, 0) is 37.5 Å². The number of halogens is 1. The van der Waals surface area contributed by atoms with Gasteiger partial charge in [0, 0.05) is 24.6 Å². The van der Waals surface area contributed by atoms with Crippen LogP contribution >= 0.6 is 0 Å². The molecule has 0 aromatic heterocycles. The molecule has 0 heterocycles. The monoisotopic (exact) mass is 253 g/mol. The average Bonchev–Trinajstić information content (AvgIpc) is 3.16. The maximum Gasteiger partial charge on any atom is 0.165 e. The number of aliphatic hydroxyl groups excluding tert-OH is 1. The van der Waals surface area contributed by atoms with E-state index in [1.807, 2.05) is 13.0 Å². The van der Waals surface area contributed by atoms with Crippen LogP contribution in [-0.4, -0.2) is 25.4 Å². The first kappa shape index (κ1) is 13.3. The summed E-state index contributed by atoms with van der Waals surface area (Å²) in [5.74, 6) is -0.0769. The lowest BCUT2D eigenvalue weighted by atomic mass is 10.1. The minimum Gasteiger partial charge on any atom is -0.494 e. The van der Waals surface area contributed by atoms with Crippen molar-refractivity contribution in [2.24, 2.45) is 5.41 Å². The van der Waals surface area contributed by atoms with Crippen molar-refractivity contribution in [3.8, 4) is 5.75 Å². The average molecular weight is 253 g/mol. The SMILES string of the molecule is COc1ccc(C(C)NCC2(CO)CC2)cc1F. The molecule has 0 saturated heterocycles. The summed E-state index contributed by atoms with van der Waals surface area (Å²) in [6, 6.07) is 5.06. The van der Waals surface area contributed by atoms with Crippen LogP contribution in [0.15, 0.2) is 18.2 Å². The summed E-state index contributed by atoms with van der Waals surface area (Å²) in [6.07, 6.45) is 2.14. The van der Waals surface area contributed by atoms with Crippen molar-refractivity contribution in [3.05, 3.63) is 29.6 Å². The fourth-order valence-corrected chi connectivity index (χ4v) is 2.01. The zero-order chi connectivity index (χ0) is 13.2. The number of hydrogen-bond donors (Lipinski definition) is 2. The normalized spacial score (nSPS) is 18.4. The molecule has 1 atom stereocenters. The molecule has 3 nitrogen and oxygen atoms in total. The van der Waals surface area contributed by atoms with Crippen LogP contribution in [0.2, 0.25) is 0 Å². The van der Waals surface area contributed by atoms with Gasteiger partial charge in [-0.15, -0.1) is 0 Å². The van der Waals surface area contributed by atoms with Crippen LogP contribution in [-0.2, 0) is 0 Å². The van der Waals surface area contributed by atoms with Crippen LogP contribution < -0.4 is 10.1 Å². The lowest BCUT2D eigenvalue weighted by molar-refractivity contribution is 0.204. The predicted octanol–water partition coefficient (Wildman–Crippen LogP) is 2.26. The molecule has 100 valence electrons. The van der Waals surface area contributed by atoms with Gasteiger partial charge in [-0.3, -0.25) is 0 Å². The van der Waals surface area contributed by atoms with Gasteiger partial charge < -0.3 is 15.2 Å². The number of hydrogen-bond acceptors (Lipinski definition) is 3. The van der Waals surface area contributed by atoms with Gasteiger partial charge in [0.05, 0.1) is 7.11 Å². The van der Waals surface area contributed by atoms with Gasteiger partial charge in [-0.25, -0.2) is 4.39 Å². The van der Waals surface area contributed by atoms with E-state index in [2.05, 4.69) is 5.32 Å². The van der Waals surface area contributed by atoms with Crippen molar-refractivity contribution in [1.29, 1.82) is 0 Å². The number of aliphatic hydroxyl groups is 1. The molecular weight excluding hydrogens is 233 g/mol. The fraction of sp³-hybridized carbons (Fsp3) is 0.571. The fourth-order valence-electron chi connectivity index (χ4n) is 2.01. The van der Waals surface area contributed by atoms with Crippen LogP contribution in [0.3, 0.4) is 0 Å². The van der Waals surface area contributed by atoms with Crippen LogP contribution in [0.4, 0.5) is 4.39 Å². The van der Waals surface area contributed by atoms with Crippen molar-refractivity contribution >= 4 is 0 Å². The van der Waals surface area contributed by atoms with Gasteiger partial charge in [-0.2, -0.15) is 0 Å². The highest BCUT2D eigenvalue weighted by Crippen LogP contribution is 2.44. The molecule has 0 aliphatic heterocycles. The molecule has 2 N–H and O–H groups in total. The first-order valence-corrected chi connectivity index (χ1v) is 6.28. The quantitative estimate of drug-likeness (QED) is 0.817. The molecule has 0 bridgehead atoms. The van der Waals surface area contributed by atoms with Gasteiger partial charge in [0.1, 0.15) is 0 Å². The molecule has 0 amide bonds. The number of ether oxygens (including phenoxy) is 1. The molecule has 2 rings (SSSR count). The highest BCUT2D eigenvalue weighted by Gasteiger charge is 2.41. The van der Waals surface area contributed by atoms with Crippen molar-refractivity contribution in [1.82, 2.24) is 5.32 Å². The highest BCUT2D eigenvalue weighted by atomic mass is 19.1. The van der Waals surface area contributed by atoms with E-state index in [1.54, 1.807) is 6.07 Å². The Morgan fingerprint density at radius 2 is 2.22 bits per heavy atom. The second-order valence-corrected chi connectivity index (χ2v) is 5.15. The Labute approximate surface area is 107 Å². The zero-order valence-corrected chi connectivity index (χ0v) is 10.9.